The number of nitrogens with zero attached hydrogens (tertiary/aromatic N) is 2. The summed E-state index contributed by atoms with van der Waals surface area (Å²) in [5.41, 5.74) is 5.89. The lowest BCUT2D eigenvalue weighted by Gasteiger charge is -2.49. The van der Waals surface area contributed by atoms with Crippen LogP contribution in [0.2, 0.25) is 5.02 Å². The molecule has 1 aliphatic rings. The van der Waals surface area contributed by atoms with Crippen LogP contribution in [0.25, 0.3) is 0 Å². The van der Waals surface area contributed by atoms with Crippen LogP contribution in [0.15, 0.2) is 24.3 Å². The van der Waals surface area contributed by atoms with Gasteiger partial charge in [-0.05, 0) is 57.7 Å². The molecule has 1 fully saturated rings. The number of carbonyl (C=O) groups is 2. The molecule has 0 aliphatic carbocycles. The van der Waals surface area contributed by atoms with E-state index < -0.39 is 17.2 Å². The second-order valence-electron chi connectivity index (χ2n) is 8.99. The lowest BCUT2D eigenvalue weighted by atomic mass is 9.81. The van der Waals surface area contributed by atoms with Crippen LogP contribution in [-0.4, -0.2) is 72.8 Å². The number of carbonyl (C=O) groups excluding carboxylic acids is 2. The Morgan fingerprint density at radius 1 is 1.30 bits per heavy atom. The third-order valence-electron chi connectivity index (χ3n) is 5.36. The molecule has 168 valence electrons. The van der Waals surface area contributed by atoms with E-state index in [1.807, 2.05) is 45.0 Å². The molecule has 2 amide bonds. The van der Waals surface area contributed by atoms with Gasteiger partial charge in [-0.2, -0.15) is 0 Å². The number of hydrogen-bond donors (Lipinski definition) is 1. The van der Waals surface area contributed by atoms with Gasteiger partial charge in [0.25, 0.3) is 0 Å². The molecule has 1 aliphatic heterocycles. The Morgan fingerprint density at radius 3 is 2.50 bits per heavy atom. The molecule has 2 N–H and O–H groups in total. The second-order valence-corrected chi connectivity index (χ2v) is 9.43. The van der Waals surface area contributed by atoms with Gasteiger partial charge in [0.05, 0.1) is 12.1 Å². The zero-order chi connectivity index (χ0) is 22.5. The Hall–Kier alpha value is -1.83. The highest BCUT2D eigenvalue weighted by molar-refractivity contribution is 6.30. The van der Waals surface area contributed by atoms with E-state index in [9.17, 15) is 9.59 Å². The van der Waals surface area contributed by atoms with E-state index in [0.717, 1.165) is 18.4 Å². The van der Waals surface area contributed by atoms with E-state index in [0.29, 0.717) is 24.5 Å². The van der Waals surface area contributed by atoms with Crippen molar-refractivity contribution in [2.24, 2.45) is 5.73 Å². The van der Waals surface area contributed by atoms with Gasteiger partial charge >= 0.3 is 6.09 Å². The molecule has 0 aromatic heterocycles. The van der Waals surface area contributed by atoms with Crippen molar-refractivity contribution in [2.75, 3.05) is 33.9 Å². The Balaban J connectivity index is 2.33. The molecule has 2 rings (SSSR count). The molecule has 2 atom stereocenters. The smallest absolute Gasteiger partial charge is 0.410 e. The molecule has 0 spiro atoms. The normalized spacial score (nSPS) is 20.6. The fraction of sp³-hybridized carbons (Fsp3) is 0.636. The first-order valence-corrected chi connectivity index (χ1v) is 10.6. The zero-order valence-corrected chi connectivity index (χ0v) is 19.4. The summed E-state index contributed by atoms with van der Waals surface area (Å²) in [6.45, 7) is 6.62. The predicted octanol–water partition coefficient (Wildman–Crippen LogP) is 3.08. The number of likely N-dealkylation sites (tertiary alicyclic amines) is 1. The quantitative estimate of drug-likeness (QED) is 0.736. The molecule has 30 heavy (non-hydrogen) atoms. The van der Waals surface area contributed by atoms with Crippen LogP contribution in [-0.2, 0) is 20.7 Å². The highest BCUT2D eigenvalue weighted by Gasteiger charge is 2.44. The third-order valence-corrected chi connectivity index (χ3v) is 5.61. The summed E-state index contributed by atoms with van der Waals surface area (Å²) in [5, 5.41) is 0.651. The SMILES string of the molecule is COC[C@H](N)C(=O)N(C)[C@@]1(Cc2ccc(Cl)cc2)CCCN(C(=O)OC(C)(C)C)C1. The molecule has 7 nitrogen and oxygen atoms in total. The number of rotatable bonds is 6. The summed E-state index contributed by atoms with van der Waals surface area (Å²) in [4.78, 5) is 29.2. The van der Waals surface area contributed by atoms with Crippen molar-refractivity contribution >= 4 is 23.6 Å². The Labute approximate surface area is 184 Å². The number of piperidine rings is 1. The lowest BCUT2D eigenvalue weighted by Crippen LogP contribution is -2.64. The molecule has 1 saturated heterocycles. The summed E-state index contributed by atoms with van der Waals surface area (Å²) in [6, 6.07) is 6.79. The van der Waals surface area contributed by atoms with Crippen molar-refractivity contribution in [1.29, 1.82) is 0 Å². The van der Waals surface area contributed by atoms with E-state index in [-0.39, 0.29) is 18.6 Å². The first-order valence-electron chi connectivity index (χ1n) is 10.2. The molecular weight excluding hydrogens is 406 g/mol. The zero-order valence-electron chi connectivity index (χ0n) is 18.6. The number of nitrogens with two attached hydrogens (primary N) is 1. The van der Waals surface area contributed by atoms with Crippen molar-refractivity contribution in [3.8, 4) is 0 Å². The van der Waals surface area contributed by atoms with Gasteiger partial charge < -0.3 is 25.0 Å². The second kappa shape index (κ2) is 9.98. The monoisotopic (exact) mass is 439 g/mol. The molecule has 1 aromatic carbocycles. The summed E-state index contributed by atoms with van der Waals surface area (Å²) < 4.78 is 10.7. The van der Waals surface area contributed by atoms with Gasteiger partial charge in [-0.1, -0.05) is 23.7 Å². The van der Waals surface area contributed by atoms with Gasteiger partial charge in [0.1, 0.15) is 11.6 Å². The summed E-state index contributed by atoms with van der Waals surface area (Å²) >= 11 is 6.04. The molecule has 8 heteroatoms. The van der Waals surface area contributed by atoms with Crippen LogP contribution in [0, 0.1) is 0 Å². The average molecular weight is 440 g/mol. The highest BCUT2D eigenvalue weighted by Crippen LogP contribution is 2.32. The number of hydrogen-bond acceptors (Lipinski definition) is 5. The number of amides is 2. The van der Waals surface area contributed by atoms with Crippen LogP contribution in [0.1, 0.15) is 39.2 Å². The van der Waals surface area contributed by atoms with Crippen LogP contribution < -0.4 is 5.73 Å². The van der Waals surface area contributed by atoms with Crippen LogP contribution in [0.3, 0.4) is 0 Å². The van der Waals surface area contributed by atoms with E-state index in [1.54, 1.807) is 16.8 Å². The maximum absolute atomic E-state index is 13.1. The van der Waals surface area contributed by atoms with Crippen LogP contribution >= 0.6 is 11.6 Å². The van der Waals surface area contributed by atoms with Gasteiger partial charge in [-0.15, -0.1) is 0 Å². The Bertz CT molecular complexity index is 735. The Kier molecular flexibility index (Phi) is 8.13. The number of benzene rings is 1. The van der Waals surface area contributed by atoms with Crippen molar-refractivity contribution in [2.45, 2.75) is 57.2 Å². The van der Waals surface area contributed by atoms with Gasteiger partial charge in [-0.25, -0.2) is 4.79 Å². The van der Waals surface area contributed by atoms with Crippen molar-refractivity contribution < 1.29 is 19.1 Å². The fourth-order valence-electron chi connectivity index (χ4n) is 3.85. The van der Waals surface area contributed by atoms with Crippen molar-refractivity contribution in [3.05, 3.63) is 34.9 Å². The fourth-order valence-corrected chi connectivity index (χ4v) is 3.97. The molecular formula is C22H34ClN3O4. The summed E-state index contributed by atoms with van der Waals surface area (Å²) in [5.74, 6) is -0.211. The molecule has 0 unspecified atom stereocenters. The number of halogens is 1. The summed E-state index contributed by atoms with van der Waals surface area (Å²) in [6.07, 6.45) is 1.71. The maximum atomic E-state index is 13.1. The molecule has 0 saturated carbocycles. The van der Waals surface area contributed by atoms with Crippen LogP contribution in [0.5, 0.6) is 0 Å². The number of likely N-dealkylation sites (N-methyl/N-ethyl adjacent to an activating group) is 1. The van der Waals surface area contributed by atoms with Gasteiger partial charge in [0.15, 0.2) is 0 Å². The average Bonchev–Trinajstić information content (AvgIpc) is 2.67. The van der Waals surface area contributed by atoms with E-state index in [4.69, 9.17) is 26.8 Å². The molecule has 0 bridgehead atoms. The van der Waals surface area contributed by atoms with E-state index >= 15 is 0 Å². The molecule has 0 radical (unpaired) electrons. The van der Waals surface area contributed by atoms with Crippen LogP contribution in [0.4, 0.5) is 4.79 Å². The van der Waals surface area contributed by atoms with Gasteiger partial charge in [-0.3, -0.25) is 4.79 Å². The minimum absolute atomic E-state index is 0.135. The highest BCUT2D eigenvalue weighted by atomic mass is 35.5. The lowest BCUT2D eigenvalue weighted by molar-refractivity contribution is -0.140. The third kappa shape index (κ3) is 6.33. The minimum atomic E-state index is -0.765. The standard InChI is InChI=1S/C22H34ClN3O4/c1-21(2,3)30-20(28)26-12-6-11-22(15-26,13-16-7-9-17(23)10-8-16)25(4)19(27)18(24)14-29-5/h7-10,18H,6,11-15,24H2,1-5H3/t18-,22+/m0/s1. The topological polar surface area (TPSA) is 85.1 Å². The Morgan fingerprint density at radius 2 is 1.93 bits per heavy atom. The van der Waals surface area contributed by atoms with E-state index in [1.165, 1.54) is 7.11 Å². The molecule has 1 heterocycles. The van der Waals surface area contributed by atoms with Gasteiger partial charge in [0, 0.05) is 32.3 Å². The molecule has 1 aromatic rings. The van der Waals surface area contributed by atoms with Crippen molar-refractivity contribution in [1.82, 2.24) is 9.80 Å². The number of methoxy groups -OCH3 is 1. The maximum Gasteiger partial charge on any atom is 0.410 e. The number of ether oxygens (including phenoxy) is 2. The minimum Gasteiger partial charge on any atom is -0.444 e. The van der Waals surface area contributed by atoms with Crippen molar-refractivity contribution in [3.63, 3.8) is 0 Å². The summed E-state index contributed by atoms with van der Waals surface area (Å²) in [7, 11) is 3.27. The first-order chi connectivity index (χ1) is 14.0. The first kappa shape index (κ1) is 24.4. The predicted molar refractivity (Wildman–Crippen MR) is 118 cm³/mol. The largest absolute Gasteiger partial charge is 0.444 e. The van der Waals surface area contributed by atoms with E-state index in [2.05, 4.69) is 0 Å². The van der Waals surface area contributed by atoms with Gasteiger partial charge in [0.2, 0.25) is 5.91 Å².